The second-order valence-electron chi connectivity index (χ2n) is 5.60. The van der Waals surface area contributed by atoms with Gasteiger partial charge in [0, 0.05) is 25.3 Å². The molecule has 1 amide bonds. The largest absolute Gasteiger partial charge is 0.433 e. The number of alkyl halides is 3. The average molecular weight is 299 g/mol. The summed E-state index contributed by atoms with van der Waals surface area (Å²) in [5, 5.41) is 3.39. The van der Waals surface area contributed by atoms with E-state index in [1.807, 2.05) is 0 Å². The van der Waals surface area contributed by atoms with E-state index in [1.54, 1.807) is 4.90 Å². The fourth-order valence-electron chi connectivity index (χ4n) is 3.08. The Bertz CT molecular complexity index is 515. The van der Waals surface area contributed by atoms with Crippen molar-refractivity contribution in [3.8, 4) is 0 Å². The summed E-state index contributed by atoms with van der Waals surface area (Å²) in [5.41, 5.74) is -0.766. The molecule has 0 bridgehead atoms. The Kier molecular flexibility index (Phi) is 3.61. The van der Waals surface area contributed by atoms with Crippen LogP contribution in [0.2, 0.25) is 0 Å². The predicted molar refractivity (Wildman–Crippen MR) is 69.7 cm³/mol. The molecule has 1 aromatic rings. The average Bonchev–Trinajstić information content (AvgIpc) is 2.89. The van der Waals surface area contributed by atoms with Crippen LogP contribution in [0.3, 0.4) is 0 Å². The summed E-state index contributed by atoms with van der Waals surface area (Å²) >= 11 is 0. The zero-order valence-electron chi connectivity index (χ0n) is 11.4. The van der Waals surface area contributed by atoms with E-state index in [0.717, 1.165) is 31.6 Å². The van der Waals surface area contributed by atoms with Gasteiger partial charge in [-0.15, -0.1) is 0 Å². The van der Waals surface area contributed by atoms with Gasteiger partial charge < -0.3 is 10.2 Å². The molecule has 0 aliphatic carbocycles. The summed E-state index contributed by atoms with van der Waals surface area (Å²) in [4.78, 5) is 17.4. The van der Waals surface area contributed by atoms with Crippen molar-refractivity contribution < 1.29 is 18.0 Å². The first-order chi connectivity index (χ1) is 9.95. The van der Waals surface area contributed by atoms with Gasteiger partial charge in [-0.2, -0.15) is 13.2 Å². The number of amides is 1. The van der Waals surface area contributed by atoms with Crippen LogP contribution in [0.5, 0.6) is 0 Å². The number of carbonyl (C=O) groups is 1. The van der Waals surface area contributed by atoms with Crippen LogP contribution in [0, 0.1) is 5.92 Å². The molecular formula is C14H16F3N3O. The number of hydrogen-bond acceptors (Lipinski definition) is 3. The molecule has 1 aromatic heterocycles. The zero-order valence-corrected chi connectivity index (χ0v) is 11.4. The van der Waals surface area contributed by atoms with Gasteiger partial charge in [-0.25, -0.2) is 0 Å². The minimum atomic E-state index is -4.48. The molecule has 2 saturated heterocycles. The summed E-state index contributed by atoms with van der Waals surface area (Å²) in [6, 6.07) is 2.37. The lowest BCUT2D eigenvalue weighted by Crippen LogP contribution is -2.41. The topological polar surface area (TPSA) is 45.2 Å². The number of rotatable bonds is 1. The van der Waals surface area contributed by atoms with E-state index < -0.39 is 11.9 Å². The van der Waals surface area contributed by atoms with Crippen LogP contribution in [-0.4, -0.2) is 41.5 Å². The number of aromatic nitrogens is 1. The van der Waals surface area contributed by atoms with Gasteiger partial charge in [0.2, 0.25) is 0 Å². The first-order valence-corrected chi connectivity index (χ1v) is 7.01. The van der Waals surface area contributed by atoms with Crippen LogP contribution in [0.25, 0.3) is 0 Å². The summed E-state index contributed by atoms with van der Waals surface area (Å²) in [7, 11) is 0. The van der Waals surface area contributed by atoms with E-state index in [4.69, 9.17) is 0 Å². The van der Waals surface area contributed by atoms with E-state index in [-0.39, 0.29) is 11.5 Å². The smallest absolute Gasteiger partial charge is 0.337 e. The van der Waals surface area contributed by atoms with Crippen LogP contribution in [-0.2, 0) is 6.18 Å². The van der Waals surface area contributed by atoms with Crippen molar-refractivity contribution in [2.75, 3.05) is 19.6 Å². The SMILES string of the molecule is O=C(c1ccc(C(F)(F)F)nc1)N1CC2CCCNC2C1. The van der Waals surface area contributed by atoms with Crippen molar-refractivity contribution in [2.24, 2.45) is 5.92 Å². The van der Waals surface area contributed by atoms with Gasteiger partial charge in [0.1, 0.15) is 5.69 Å². The summed E-state index contributed by atoms with van der Waals surface area (Å²) < 4.78 is 37.4. The molecule has 7 heteroatoms. The van der Waals surface area contributed by atoms with Gasteiger partial charge in [0.25, 0.3) is 5.91 Å². The lowest BCUT2D eigenvalue weighted by atomic mass is 9.94. The highest BCUT2D eigenvalue weighted by Gasteiger charge is 2.37. The third kappa shape index (κ3) is 2.88. The van der Waals surface area contributed by atoms with Crippen LogP contribution < -0.4 is 5.32 Å². The molecule has 0 radical (unpaired) electrons. The van der Waals surface area contributed by atoms with Gasteiger partial charge in [-0.05, 0) is 37.4 Å². The van der Waals surface area contributed by atoms with Crippen molar-refractivity contribution in [2.45, 2.75) is 25.1 Å². The number of hydrogen-bond donors (Lipinski definition) is 1. The van der Waals surface area contributed by atoms with Crippen molar-refractivity contribution in [1.29, 1.82) is 0 Å². The van der Waals surface area contributed by atoms with Crippen LogP contribution in [0.1, 0.15) is 28.9 Å². The third-order valence-electron chi connectivity index (χ3n) is 4.19. The summed E-state index contributed by atoms with van der Waals surface area (Å²) in [6.07, 6.45) is -1.27. The Morgan fingerprint density at radius 2 is 2.14 bits per heavy atom. The number of pyridine rings is 1. The van der Waals surface area contributed by atoms with E-state index in [1.165, 1.54) is 6.07 Å². The molecule has 2 unspecified atom stereocenters. The molecular weight excluding hydrogens is 283 g/mol. The fraction of sp³-hybridized carbons (Fsp3) is 0.571. The first kappa shape index (κ1) is 14.3. The van der Waals surface area contributed by atoms with E-state index in [2.05, 4.69) is 10.3 Å². The Hall–Kier alpha value is -1.63. The number of fused-ring (bicyclic) bond motifs is 1. The molecule has 2 fully saturated rings. The minimum absolute atomic E-state index is 0.210. The lowest BCUT2D eigenvalue weighted by Gasteiger charge is -2.24. The summed E-state index contributed by atoms with van der Waals surface area (Å²) in [6.45, 7) is 2.24. The third-order valence-corrected chi connectivity index (χ3v) is 4.19. The van der Waals surface area contributed by atoms with Crippen LogP contribution in [0.15, 0.2) is 18.3 Å². The van der Waals surface area contributed by atoms with Gasteiger partial charge >= 0.3 is 6.18 Å². The van der Waals surface area contributed by atoms with Crippen molar-refractivity contribution in [1.82, 2.24) is 15.2 Å². The van der Waals surface area contributed by atoms with Gasteiger partial charge in [-0.1, -0.05) is 0 Å². The Balaban J connectivity index is 1.71. The highest BCUT2D eigenvalue weighted by molar-refractivity contribution is 5.94. The van der Waals surface area contributed by atoms with Gasteiger partial charge in [-0.3, -0.25) is 9.78 Å². The monoisotopic (exact) mass is 299 g/mol. The number of nitrogens with one attached hydrogen (secondary N) is 1. The Morgan fingerprint density at radius 1 is 1.33 bits per heavy atom. The van der Waals surface area contributed by atoms with Crippen molar-refractivity contribution in [3.63, 3.8) is 0 Å². The number of likely N-dealkylation sites (tertiary alicyclic amines) is 1. The van der Waals surface area contributed by atoms with Gasteiger partial charge in [0.15, 0.2) is 0 Å². The number of halogens is 3. The molecule has 2 aliphatic rings. The maximum atomic E-state index is 12.5. The quantitative estimate of drug-likeness (QED) is 0.862. The van der Waals surface area contributed by atoms with E-state index >= 15 is 0 Å². The second kappa shape index (κ2) is 5.29. The number of carbonyl (C=O) groups excluding carboxylic acids is 1. The molecule has 114 valence electrons. The van der Waals surface area contributed by atoms with Crippen LogP contribution >= 0.6 is 0 Å². The van der Waals surface area contributed by atoms with E-state index in [0.29, 0.717) is 25.0 Å². The standard InChI is InChI=1S/C14H16F3N3O/c15-14(16,17)12-4-3-9(6-19-12)13(21)20-7-10-2-1-5-18-11(10)8-20/h3-4,6,10-11,18H,1-2,5,7-8H2. The maximum absolute atomic E-state index is 12.5. The molecule has 0 aromatic carbocycles. The first-order valence-electron chi connectivity index (χ1n) is 7.01. The fourth-order valence-corrected chi connectivity index (χ4v) is 3.08. The molecule has 2 atom stereocenters. The lowest BCUT2D eigenvalue weighted by molar-refractivity contribution is -0.141. The molecule has 3 heterocycles. The normalized spacial score (nSPS) is 25.8. The van der Waals surface area contributed by atoms with Crippen molar-refractivity contribution >= 4 is 5.91 Å². The molecule has 3 rings (SSSR count). The highest BCUT2D eigenvalue weighted by atomic mass is 19.4. The Morgan fingerprint density at radius 3 is 2.76 bits per heavy atom. The molecule has 1 N–H and O–H groups in total. The number of piperidine rings is 1. The van der Waals surface area contributed by atoms with Crippen molar-refractivity contribution in [3.05, 3.63) is 29.6 Å². The second-order valence-corrected chi connectivity index (χ2v) is 5.60. The maximum Gasteiger partial charge on any atom is 0.433 e. The number of nitrogens with zero attached hydrogens (tertiary/aromatic N) is 2. The van der Waals surface area contributed by atoms with Crippen LogP contribution in [0.4, 0.5) is 13.2 Å². The molecule has 21 heavy (non-hydrogen) atoms. The van der Waals surface area contributed by atoms with Gasteiger partial charge in [0.05, 0.1) is 5.56 Å². The molecule has 0 saturated carbocycles. The molecule has 2 aliphatic heterocycles. The molecule has 0 spiro atoms. The zero-order chi connectivity index (χ0) is 15.0. The highest BCUT2D eigenvalue weighted by Crippen LogP contribution is 2.28. The summed E-state index contributed by atoms with van der Waals surface area (Å²) in [5.74, 6) is 0.206. The minimum Gasteiger partial charge on any atom is -0.337 e. The molecule has 4 nitrogen and oxygen atoms in total. The predicted octanol–water partition coefficient (Wildman–Crippen LogP) is 1.92. The Labute approximate surface area is 120 Å². The van der Waals surface area contributed by atoms with E-state index in [9.17, 15) is 18.0 Å².